The molecule has 3 nitrogen and oxygen atoms in total. The molecule has 27 heavy (non-hydrogen) atoms. The summed E-state index contributed by atoms with van der Waals surface area (Å²) in [5.41, 5.74) is 3.04. The maximum atomic E-state index is 12.7. The van der Waals surface area contributed by atoms with E-state index in [1.807, 2.05) is 23.1 Å². The summed E-state index contributed by atoms with van der Waals surface area (Å²) in [6.45, 7) is 10.6. The number of piperidine rings is 1. The SMILES string of the molecule is CC1CCN(C(=O)c2cccc(CSc3ccc(C(C)(C)C)cc3)n2)CC1. The van der Waals surface area contributed by atoms with Gasteiger partial charge in [0.1, 0.15) is 5.69 Å². The molecule has 0 unspecified atom stereocenters. The number of hydrogen-bond acceptors (Lipinski definition) is 3. The number of likely N-dealkylation sites (tertiary alicyclic amines) is 1. The monoisotopic (exact) mass is 382 g/mol. The summed E-state index contributed by atoms with van der Waals surface area (Å²) in [6, 6.07) is 14.5. The van der Waals surface area contributed by atoms with Gasteiger partial charge in [0.25, 0.3) is 5.91 Å². The zero-order valence-electron chi connectivity index (χ0n) is 16.9. The molecule has 144 valence electrons. The van der Waals surface area contributed by atoms with Crippen molar-refractivity contribution in [1.29, 1.82) is 0 Å². The number of pyridine rings is 1. The van der Waals surface area contributed by atoms with Crippen molar-refractivity contribution < 1.29 is 4.79 Å². The topological polar surface area (TPSA) is 33.2 Å². The Morgan fingerprint density at radius 2 is 1.78 bits per heavy atom. The fourth-order valence-electron chi connectivity index (χ4n) is 3.26. The van der Waals surface area contributed by atoms with Crippen LogP contribution >= 0.6 is 11.8 Å². The highest BCUT2D eigenvalue weighted by molar-refractivity contribution is 7.98. The lowest BCUT2D eigenvalue weighted by atomic mass is 9.87. The number of amides is 1. The third-order valence-electron chi connectivity index (χ3n) is 5.20. The average molecular weight is 383 g/mol. The Morgan fingerprint density at radius 1 is 1.11 bits per heavy atom. The van der Waals surface area contributed by atoms with E-state index in [-0.39, 0.29) is 11.3 Å². The van der Waals surface area contributed by atoms with Crippen LogP contribution < -0.4 is 0 Å². The number of carbonyl (C=O) groups is 1. The zero-order valence-corrected chi connectivity index (χ0v) is 17.7. The van der Waals surface area contributed by atoms with Crippen LogP contribution in [0, 0.1) is 5.92 Å². The van der Waals surface area contributed by atoms with Gasteiger partial charge in [-0.05, 0) is 54.0 Å². The third-order valence-corrected chi connectivity index (χ3v) is 6.25. The Kier molecular flexibility index (Phi) is 6.25. The minimum atomic E-state index is 0.0725. The quantitative estimate of drug-likeness (QED) is 0.651. The van der Waals surface area contributed by atoms with Gasteiger partial charge < -0.3 is 4.90 Å². The van der Waals surface area contributed by atoms with Crippen molar-refractivity contribution >= 4 is 17.7 Å². The van der Waals surface area contributed by atoms with Crippen LogP contribution in [-0.2, 0) is 11.2 Å². The van der Waals surface area contributed by atoms with Gasteiger partial charge in [-0.1, -0.05) is 45.9 Å². The van der Waals surface area contributed by atoms with Gasteiger partial charge in [0, 0.05) is 23.7 Å². The Labute approximate surface area is 167 Å². The minimum Gasteiger partial charge on any atom is -0.337 e. The molecule has 0 N–H and O–H groups in total. The molecule has 1 aliphatic heterocycles. The van der Waals surface area contributed by atoms with Crippen molar-refractivity contribution in [3.63, 3.8) is 0 Å². The minimum absolute atomic E-state index is 0.0725. The fraction of sp³-hybridized carbons (Fsp3) is 0.478. The summed E-state index contributed by atoms with van der Waals surface area (Å²) >= 11 is 1.76. The van der Waals surface area contributed by atoms with E-state index in [1.54, 1.807) is 11.8 Å². The molecule has 1 fully saturated rings. The Bertz CT molecular complexity index is 772. The second-order valence-electron chi connectivity index (χ2n) is 8.55. The van der Waals surface area contributed by atoms with Gasteiger partial charge in [0.15, 0.2) is 0 Å². The predicted octanol–water partition coefficient (Wildman–Crippen LogP) is 5.54. The predicted molar refractivity (Wildman–Crippen MR) is 113 cm³/mol. The number of thioether (sulfide) groups is 1. The number of aromatic nitrogens is 1. The summed E-state index contributed by atoms with van der Waals surface area (Å²) in [6.07, 6.45) is 2.18. The Morgan fingerprint density at radius 3 is 2.41 bits per heavy atom. The largest absolute Gasteiger partial charge is 0.337 e. The molecule has 1 saturated heterocycles. The van der Waals surface area contributed by atoms with E-state index < -0.39 is 0 Å². The molecule has 0 spiro atoms. The summed E-state index contributed by atoms with van der Waals surface area (Å²) in [5.74, 6) is 1.56. The van der Waals surface area contributed by atoms with Crippen molar-refractivity contribution in [3.8, 4) is 0 Å². The number of hydrogen-bond donors (Lipinski definition) is 0. The third kappa shape index (κ3) is 5.35. The molecule has 4 heteroatoms. The number of nitrogens with zero attached hydrogens (tertiary/aromatic N) is 2. The number of carbonyl (C=O) groups excluding carboxylic acids is 1. The average Bonchev–Trinajstić information content (AvgIpc) is 2.66. The summed E-state index contributed by atoms with van der Waals surface area (Å²) in [5, 5.41) is 0. The van der Waals surface area contributed by atoms with Crippen LogP contribution in [0.1, 0.15) is 62.3 Å². The van der Waals surface area contributed by atoms with Crippen LogP contribution in [-0.4, -0.2) is 28.9 Å². The van der Waals surface area contributed by atoms with E-state index in [1.165, 1.54) is 10.5 Å². The first-order chi connectivity index (χ1) is 12.8. The summed E-state index contributed by atoms with van der Waals surface area (Å²) in [4.78, 5) is 20.5. The molecule has 3 rings (SSSR count). The van der Waals surface area contributed by atoms with Gasteiger partial charge in [-0.25, -0.2) is 4.98 Å². The van der Waals surface area contributed by atoms with E-state index in [2.05, 4.69) is 56.9 Å². The van der Waals surface area contributed by atoms with Crippen LogP contribution in [0.2, 0.25) is 0 Å². The van der Waals surface area contributed by atoms with Crippen LogP contribution in [0.25, 0.3) is 0 Å². The fourth-order valence-corrected chi connectivity index (χ4v) is 4.07. The van der Waals surface area contributed by atoms with E-state index in [0.29, 0.717) is 5.69 Å². The molecule has 0 atom stereocenters. The lowest BCUT2D eigenvalue weighted by Crippen LogP contribution is -2.38. The molecular weight excluding hydrogens is 352 g/mol. The number of benzene rings is 1. The molecule has 1 aliphatic rings. The number of rotatable bonds is 4. The van der Waals surface area contributed by atoms with Crippen molar-refractivity contribution in [2.75, 3.05) is 13.1 Å². The van der Waals surface area contributed by atoms with Crippen LogP contribution in [0.3, 0.4) is 0 Å². The Hall–Kier alpha value is -1.81. The molecule has 2 aromatic rings. The maximum Gasteiger partial charge on any atom is 0.272 e. The molecule has 0 aliphatic carbocycles. The first-order valence-corrected chi connectivity index (χ1v) is 10.8. The normalized spacial score (nSPS) is 15.8. The summed E-state index contributed by atoms with van der Waals surface area (Å²) < 4.78 is 0. The highest BCUT2D eigenvalue weighted by Crippen LogP contribution is 2.27. The van der Waals surface area contributed by atoms with Gasteiger partial charge in [-0.15, -0.1) is 11.8 Å². The van der Waals surface area contributed by atoms with Crippen LogP contribution in [0.5, 0.6) is 0 Å². The van der Waals surface area contributed by atoms with Crippen molar-refractivity contribution in [2.24, 2.45) is 5.92 Å². The smallest absolute Gasteiger partial charge is 0.272 e. The molecule has 2 heterocycles. The van der Waals surface area contributed by atoms with Crippen molar-refractivity contribution in [2.45, 2.75) is 56.6 Å². The molecule has 1 aromatic heterocycles. The van der Waals surface area contributed by atoms with E-state index in [4.69, 9.17) is 0 Å². The van der Waals surface area contributed by atoms with Crippen molar-refractivity contribution in [3.05, 3.63) is 59.4 Å². The first kappa shape index (κ1) is 19.9. The molecule has 1 aromatic carbocycles. The highest BCUT2D eigenvalue weighted by Gasteiger charge is 2.22. The van der Waals surface area contributed by atoms with Crippen LogP contribution in [0.15, 0.2) is 47.4 Å². The lowest BCUT2D eigenvalue weighted by molar-refractivity contribution is 0.0691. The molecule has 0 bridgehead atoms. The zero-order chi connectivity index (χ0) is 19.4. The van der Waals surface area contributed by atoms with Gasteiger partial charge >= 0.3 is 0 Å². The summed E-state index contributed by atoms with van der Waals surface area (Å²) in [7, 11) is 0. The van der Waals surface area contributed by atoms with E-state index in [0.717, 1.165) is 43.3 Å². The lowest BCUT2D eigenvalue weighted by Gasteiger charge is -2.30. The van der Waals surface area contributed by atoms with Crippen molar-refractivity contribution in [1.82, 2.24) is 9.88 Å². The van der Waals surface area contributed by atoms with Crippen LogP contribution in [0.4, 0.5) is 0 Å². The Balaban J connectivity index is 1.61. The van der Waals surface area contributed by atoms with Gasteiger partial charge in [0.2, 0.25) is 0 Å². The van der Waals surface area contributed by atoms with E-state index in [9.17, 15) is 4.79 Å². The van der Waals surface area contributed by atoms with Gasteiger partial charge in [-0.2, -0.15) is 0 Å². The molecule has 0 radical (unpaired) electrons. The standard InChI is InChI=1S/C23H30N2OS/c1-17-12-14-25(15-13-17)22(26)21-7-5-6-19(24-21)16-27-20-10-8-18(9-11-20)23(2,3)4/h5-11,17H,12-16H2,1-4H3. The van der Waals surface area contributed by atoms with Gasteiger partial charge in [0.05, 0.1) is 5.69 Å². The molecular formula is C23H30N2OS. The maximum absolute atomic E-state index is 12.7. The molecule has 1 amide bonds. The first-order valence-electron chi connectivity index (χ1n) is 9.81. The van der Waals surface area contributed by atoms with Gasteiger partial charge in [-0.3, -0.25) is 4.79 Å². The highest BCUT2D eigenvalue weighted by atomic mass is 32.2. The molecule has 0 saturated carbocycles. The second-order valence-corrected chi connectivity index (χ2v) is 9.60. The van der Waals surface area contributed by atoms with E-state index >= 15 is 0 Å². The second kappa shape index (κ2) is 8.47.